The number of aromatic nitrogens is 1. The highest BCUT2D eigenvalue weighted by Gasteiger charge is 2.38. The first-order valence-electron chi connectivity index (χ1n) is 4.87. The average molecular weight is 299 g/mol. The van der Waals surface area contributed by atoms with Gasteiger partial charge in [0.1, 0.15) is 0 Å². The van der Waals surface area contributed by atoms with E-state index < -0.39 is 11.8 Å². The summed E-state index contributed by atoms with van der Waals surface area (Å²) in [5.74, 6) is -0.855. The van der Waals surface area contributed by atoms with E-state index in [1.54, 1.807) is 5.38 Å². The number of rotatable bonds is 1. The van der Waals surface area contributed by atoms with Gasteiger partial charge < -0.3 is 0 Å². The van der Waals surface area contributed by atoms with Gasteiger partial charge in [-0.25, -0.2) is 9.88 Å². The summed E-state index contributed by atoms with van der Waals surface area (Å²) in [5, 5.41) is 2.53. The van der Waals surface area contributed by atoms with Gasteiger partial charge in [-0.2, -0.15) is 0 Å². The zero-order valence-electron chi connectivity index (χ0n) is 8.68. The number of fused-ring (bicyclic) bond motifs is 1. The molecule has 0 fully saturated rings. The Morgan fingerprint density at radius 3 is 2.06 bits per heavy atom. The van der Waals surface area contributed by atoms with Crippen molar-refractivity contribution >= 4 is 51.5 Å². The number of hydrogen-bond donors (Lipinski definition) is 0. The summed E-state index contributed by atoms with van der Waals surface area (Å²) in [4.78, 5) is 29.3. The Morgan fingerprint density at radius 1 is 1.06 bits per heavy atom. The number of amides is 2. The third kappa shape index (κ3) is 1.55. The van der Waals surface area contributed by atoms with Crippen LogP contribution in [0.25, 0.3) is 0 Å². The van der Waals surface area contributed by atoms with Gasteiger partial charge >= 0.3 is 0 Å². The van der Waals surface area contributed by atoms with Crippen LogP contribution in [-0.4, -0.2) is 16.8 Å². The fourth-order valence-electron chi connectivity index (χ4n) is 1.73. The van der Waals surface area contributed by atoms with E-state index in [2.05, 4.69) is 4.98 Å². The van der Waals surface area contributed by atoms with Gasteiger partial charge in [0.05, 0.1) is 21.2 Å². The topological polar surface area (TPSA) is 50.3 Å². The largest absolute Gasteiger partial charge is 0.268 e. The fraction of sp³-hybridized carbons (Fsp3) is 0. The molecule has 0 spiro atoms. The average Bonchev–Trinajstić information content (AvgIpc) is 2.91. The maximum Gasteiger partial charge on any atom is 0.268 e. The normalized spacial score (nSPS) is 14.2. The van der Waals surface area contributed by atoms with Gasteiger partial charge in [0, 0.05) is 11.6 Å². The summed E-state index contributed by atoms with van der Waals surface area (Å²) >= 11 is 12.9. The van der Waals surface area contributed by atoms with E-state index in [1.807, 2.05) is 0 Å². The number of hydrogen-bond acceptors (Lipinski definition) is 4. The van der Waals surface area contributed by atoms with Crippen molar-refractivity contribution in [2.24, 2.45) is 0 Å². The molecule has 1 aromatic carbocycles. The van der Waals surface area contributed by atoms with Gasteiger partial charge in [0.2, 0.25) is 0 Å². The molecule has 0 bridgehead atoms. The summed E-state index contributed by atoms with van der Waals surface area (Å²) < 4.78 is 0. The van der Waals surface area contributed by atoms with E-state index in [-0.39, 0.29) is 21.2 Å². The molecule has 3 rings (SSSR count). The summed E-state index contributed by atoms with van der Waals surface area (Å²) in [6.07, 6.45) is 1.53. The summed E-state index contributed by atoms with van der Waals surface area (Å²) in [6.45, 7) is 0. The van der Waals surface area contributed by atoms with Gasteiger partial charge in [0.25, 0.3) is 11.8 Å². The molecule has 18 heavy (non-hydrogen) atoms. The molecule has 1 aromatic heterocycles. The number of carbonyl (C=O) groups excluding carboxylic acids is 2. The van der Waals surface area contributed by atoms with Crippen molar-refractivity contribution in [3.63, 3.8) is 0 Å². The molecule has 1 aliphatic heterocycles. The number of thiazole rings is 1. The molecule has 0 N–H and O–H groups in total. The zero-order valence-corrected chi connectivity index (χ0v) is 11.0. The van der Waals surface area contributed by atoms with Crippen molar-refractivity contribution in [1.82, 2.24) is 4.98 Å². The second-order valence-electron chi connectivity index (χ2n) is 3.57. The zero-order chi connectivity index (χ0) is 12.9. The molecule has 0 unspecified atom stereocenters. The van der Waals surface area contributed by atoms with E-state index >= 15 is 0 Å². The number of imide groups is 1. The maximum atomic E-state index is 12.1. The van der Waals surface area contributed by atoms with Crippen LogP contribution in [-0.2, 0) is 0 Å². The van der Waals surface area contributed by atoms with Gasteiger partial charge in [0.15, 0.2) is 5.13 Å². The first-order valence-corrected chi connectivity index (χ1v) is 6.50. The highest BCUT2D eigenvalue weighted by atomic mass is 35.5. The Labute approximate surface area is 116 Å². The first kappa shape index (κ1) is 11.6. The summed E-state index contributed by atoms with van der Waals surface area (Å²) in [7, 11) is 0. The number of anilines is 1. The molecule has 0 aliphatic carbocycles. The number of carbonyl (C=O) groups is 2. The molecule has 4 nitrogen and oxygen atoms in total. The second-order valence-corrected chi connectivity index (χ2v) is 5.26. The van der Waals surface area contributed by atoms with Crippen LogP contribution >= 0.6 is 34.5 Å². The van der Waals surface area contributed by atoms with Crippen molar-refractivity contribution in [3.05, 3.63) is 44.9 Å². The number of halogens is 2. The van der Waals surface area contributed by atoms with Crippen molar-refractivity contribution in [3.8, 4) is 0 Å². The number of benzene rings is 1. The molecule has 7 heteroatoms. The molecule has 0 saturated carbocycles. The van der Waals surface area contributed by atoms with Crippen molar-refractivity contribution in [1.29, 1.82) is 0 Å². The van der Waals surface area contributed by atoms with E-state index in [0.717, 1.165) is 4.90 Å². The Balaban J connectivity index is 2.17. The van der Waals surface area contributed by atoms with Gasteiger partial charge in [-0.15, -0.1) is 11.3 Å². The molecular formula is C11H4Cl2N2O2S. The van der Waals surface area contributed by atoms with Gasteiger partial charge in [-0.1, -0.05) is 23.2 Å². The monoisotopic (exact) mass is 298 g/mol. The van der Waals surface area contributed by atoms with Crippen LogP contribution in [0.4, 0.5) is 5.13 Å². The fourth-order valence-corrected chi connectivity index (χ4v) is 2.70. The van der Waals surface area contributed by atoms with Crippen LogP contribution in [0.5, 0.6) is 0 Å². The maximum absolute atomic E-state index is 12.1. The highest BCUT2D eigenvalue weighted by molar-refractivity contribution is 7.14. The third-order valence-electron chi connectivity index (χ3n) is 2.54. The smallest absolute Gasteiger partial charge is 0.268 e. The van der Waals surface area contributed by atoms with E-state index in [0.29, 0.717) is 5.13 Å². The molecular weight excluding hydrogens is 295 g/mol. The first-order chi connectivity index (χ1) is 8.59. The van der Waals surface area contributed by atoms with Crippen LogP contribution < -0.4 is 4.90 Å². The lowest BCUT2D eigenvalue weighted by atomic mass is 10.1. The van der Waals surface area contributed by atoms with Crippen LogP contribution in [0.1, 0.15) is 20.7 Å². The SMILES string of the molecule is O=C1c2cc(Cl)c(Cl)cc2C(=O)N1c1nccs1. The Morgan fingerprint density at radius 2 is 1.61 bits per heavy atom. The lowest BCUT2D eigenvalue weighted by Gasteiger charge is -2.08. The van der Waals surface area contributed by atoms with Crippen LogP contribution in [0.15, 0.2) is 23.7 Å². The summed E-state index contributed by atoms with van der Waals surface area (Å²) in [5.41, 5.74) is 0.509. The lowest BCUT2D eigenvalue weighted by molar-refractivity contribution is 0.0926. The Hall–Kier alpha value is -1.43. The lowest BCUT2D eigenvalue weighted by Crippen LogP contribution is -2.29. The predicted molar refractivity (Wildman–Crippen MR) is 69.7 cm³/mol. The van der Waals surface area contributed by atoms with Crippen molar-refractivity contribution in [2.45, 2.75) is 0 Å². The molecule has 0 atom stereocenters. The molecule has 0 saturated heterocycles. The second kappa shape index (κ2) is 4.05. The molecule has 1 aliphatic rings. The van der Waals surface area contributed by atoms with Crippen LogP contribution in [0.3, 0.4) is 0 Å². The molecule has 2 aromatic rings. The highest BCUT2D eigenvalue weighted by Crippen LogP contribution is 2.34. The minimum absolute atomic E-state index is 0.248. The Bertz CT molecular complexity index is 629. The van der Waals surface area contributed by atoms with E-state index in [9.17, 15) is 9.59 Å². The number of nitrogens with zero attached hydrogens (tertiary/aromatic N) is 2. The van der Waals surface area contributed by atoms with Gasteiger partial charge in [-0.05, 0) is 12.1 Å². The van der Waals surface area contributed by atoms with Crippen molar-refractivity contribution in [2.75, 3.05) is 4.90 Å². The quantitative estimate of drug-likeness (QED) is 0.759. The minimum Gasteiger partial charge on any atom is -0.268 e. The van der Waals surface area contributed by atoms with Crippen LogP contribution in [0, 0.1) is 0 Å². The summed E-state index contributed by atoms with van der Waals surface area (Å²) in [6, 6.07) is 2.82. The molecule has 2 amide bonds. The minimum atomic E-state index is -0.427. The molecule has 2 heterocycles. The van der Waals surface area contributed by atoms with E-state index in [1.165, 1.54) is 29.7 Å². The molecule has 90 valence electrons. The third-order valence-corrected chi connectivity index (χ3v) is 4.02. The van der Waals surface area contributed by atoms with Crippen molar-refractivity contribution < 1.29 is 9.59 Å². The van der Waals surface area contributed by atoms with Crippen LogP contribution in [0.2, 0.25) is 10.0 Å². The predicted octanol–water partition coefficient (Wildman–Crippen LogP) is 3.25. The Kier molecular flexibility index (Phi) is 2.62. The molecule has 0 radical (unpaired) electrons. The van der Waals surface area contributed by atoms with Gasteiger partial charge in [-0.3, -0.25) is 9.59 Å². The standard InChI is InChI=1S/C11H4Cl2N2O2S/c12-7-3-5-6(4-8(7)13)10(17)15(9(5)16)11-14-1-2-18-11/h1-4H. The van der Waals surface area contributed by atoms with E-state index in [4.69, 9.17) is 23.2 Å².